The van der Waals surface area contributed by atoms with Crippen LogP contribution in [0.3, 0.4) is 0 Å². The van der Waals surface area contributed by atoms with Gasteiger partial charge in [-0.25, -0.2) is 5.10 Å². The molecule has 0 saturated carbocycles. The second-order valence-electron chi connectivity index (χ2n) is 5.46. The molecule has 1 amide bonds. The highest BCUT2D eigenvalue weighted by molar-refractivity contribution is 5.88. The van der Waals surface area contributed by atoms with Crippen LogP contribution in [0.1, 0.15) is 5.69 Å². The van der Waals surface area contributed by atoms with E-state index in [-0.39, 0.29) is 25.1 Å². The second kappa shape index (κ2) is 6.23. The lowest BCUT2D eigenvalue weighted by Gasteiger charge is -2.33. The molecule has 24 heavy (non-hydrogen) atoms. The summed E-state index contributed by atoms with van der Waals surface area (Å²) >= 11 is 0. The van der Waals surface area contributed by atoms with Gasteiger partial charge in [0.15, 0.2) is 6.10 Å². The monoisotopic (exact) mass is 341 g/mol. The van der Waals surface area contributed by atoms with Gasteiger partial charge >= 0.3 is 6.18 Å². The summed E-state index contributed by atoms with van der Waals surface area (Å²) in [6, 6.07) is 6.63. The maximum absolute atomic E-state index is 12.7. The van der Waals surface area contributed by atoms with Crippen LogP contribution >= 0.6 is 0 Å². The topological polar surface area (TPSA) is 75.3 Å². The molecule has 0 spiro atoms. The molecule has 2 heterocycles. The van der Waals surface area contributed by atoms with Gasteiger partial charge in [0.2, 0.25) is 5.91 Å². The summed E-state index contributed by atoms with van der Waals surface area (Å²) in [5.41, 5.74) is -0.0597. The van der Waals surface area contributed by atoms with Crippen LogP contribution in [0.2, 0.25) is 0 Å². The lowest BCUT2D eigenvalue weighted by Crippen LogP contribution is -2.51. The Balaban J connectivity index is 1.80. The van der Waals surface area contributed by atoms with E-state index in [1.165, 1.54) is 0 Å². The number of benzene rings is 1. The maximum Gasteiger partial charge on any atom is 0.416 e. The number of nitrogens with zero attached hydrogens (tertiary/aromatic N) is 2. The van der Waals surface area contributed by atoms with Crippen molar-refractivity contribution in [1.82, 2.24) is 15.1 Å². The Bertz CT molecular complexity index is 819. The number of halogens is 3. The molecule has 9 heteroatoms. The first-order chi connectivity index (χ1) is 11.4. The molecule has 0 bridgehead atoms. The molecule has 1 aromatic heterocycles. The maximum atomic E-state index is 12.7. The first-order valence-electron chi connectivity index (χ1n) is 7.28. The summed E-state index contributed by atoms with van der Waals surface area (Å²) < 4.78 is 42.9. The fourth-order valence-corrected chi connectivity index (χ4v) is 2.64. The number of ether oxygens (including phenoxy) is 1. The molecule has 1 saturated heterocycles. The van der Waals surface area contributed by atoms with Crippen LogP contribution in [0.5, 0.6) is 0 Å². The number of alkyl halides is 3. The Morgan fingerprint density at radius 3 is 2.75 bits per heavy atom. The number of hydrogen-bond donors (Lipinski definition) is 1. The molecule has 0 radical (unpaired) electrons. The third-order valence-corrected chi connectivity index (χ3v) is 3.88. The van der Waals surface area contributed by atoms with E-state index in [1.807, 2.05) is 0 Å². The number of hydrogen-bond acceptors (Lipinski definition) is 4. The van der Waals surface area contributed by atoms with Crippen LogP contribution in [-0.4, -0.2) is 53.0 Å². The SMILES string of the molecule is O=C(Cc1n[nH]c(=O)c2ccccc12)N1CCOC(C(F)(F)F)C1. The van der Waals surface area contributed by atoms with Crippen molar-refractivity contribution in [3.05, 3.63) is 40.3 Å². The predicted octanol–water partition coefficient (Wildman–Crippen LogP) is 1.26. The molecule has 1 atom stereocenters. The largest absolute Gasteiger partial charge is 0.416 e. The number of amides is 1. The van der Waals surface area contributed by atoms with E-state index in [0.29, 0.717) is 16.5 Å². The van der Waals surface area contributed by atoms with Crippen molar-refractivity contribution < 1.29 is 22.7 Å². The van der Waals surface area contributed by atoms with Gasteiger partial charge in [0, 0.05) is 11.9 Å². The first-order valence-corrected chi connectivity index (χ1v) is 7.28. The van der Waals surface area contributed by atoms with Crippen LogP contribution in [0.15, 0.2) is 29.1 Å². The van der Waals surface area contributed by atoms with E-state index in [1.54, 1.807) is 24.3 Å². The molecule has 1 unspecified atom stereocenters. The number of rotatable bonds is 2. The molecule has 6 nitrogen and oxygen atoms in total. The smallest absolute Gasteiger partial charge is 0.365 e. The van der Waals surface area contributed by atoms with Crippen molar-refractivity contribution in [2.24, 2.45) is 0 Å². The van der Waals surface area contributed by atoms with Gasteiger partial charge in [0.05, 0.1) is 30.7 Å². The van der Waals surface area contributed by atoms with E-state index in [4.69, 9.17) is 0 Å². The number of carbonyl (C=O) groups is 1. The highest BCUT2D eigenvalue weighted by Gasteiger charge is 2.44. The van der Waals surface area contributed by atoms with Gasteiger partial charge in [0.1, 0.15) is 0 Å². The average Bonchev–Trinajstić information content (AvgIpc) is 2.57. The van der Waals surface area contributed by atoms with Gasteiger partial charge in [-0.1, -0.05) is 18.2 Å². The predicted molar refractivity (Wildman–Crippen MR) is 78.4 cm³/mol. The summed E-state index contributed by atoms with van der Waals surface area (Å²) in [4.78, 5) is 25.2. The Morgan fingerprint density at radius 2 is 2.04 bits per heavy atom. The number of carbonyl (C=O) groups excluding carboxylic acids is 1. The number of fused-ring (bicyclic) bond motifs is 1. The van der Waals surface area contributed by atoms with E-state index < -0.39 is 24.7 Å². The van der Waals surface area contributed by atoms with Crippen molar-refractivity contribution in [3.63, 3.8) is 0 Å². The van der Waals surface area contributed by atoms with E-state index in [9.17, 15) is 22.8 Å². The minimum absolute atomic E-state index is 0.0900. The van der Waals surface area contributed by atoms with Gasteiger partial charge in [0.25, 0.3) is 5.56 Å². The molecule has 1 fully saturated rings. The van der Waals surface area contributed by atoms with E-state index >= 15 is 0 Å². The summed E-state index contributed by atoms with van der Waals surface area (Å²) in [7, 11) is 0. The van der Waals surface area contributed by atoms with Crippen LogP contribution in [0, 0.1) is 0 Å². The van der Waals surface area contributed by atoms with Crippen LogP contribution in [0.25, 0.3) is 10.8 Å². The van der Waals surface area contributed by atoms with Crippen molar-refractivity contribution >= 4 is 16.7 Å². The fraction of sp³-hybridized carbons (Fsp3) is 0.400. The molecule has 3 rings (SSSR count). The molecule has 1 aliphatic heterocycles. The molecule has 1 aromatic carbocycles. The van der Waals surface area contributed by atoms with Crippen LogP contribution in [-0.2, 0) is 16.0 Å². The highest BCUT2D eigenvalue weighted by Crippen LogP contribution is 2.26. The van der Waals surface area contributed by atoms with Crippen molar-refractivity contribution in [1.29, 1.82) is 0 Å². The zero-order valence-corrected chi connectivity index (χ0v) is 12.5. The zero-order valence-electron chi connectivity index (χ0n) is 12.5. The van der Waals surface area contributed by atoms with Gasteiger partial charge < -0.3 is 9.64 Å². The number of aromatic nitrogens is 2. The lowest BCUT2D eigenvalue weighted by molar-refractivity contribution is -0.236. The molecule has 128 valence electrons. The Kier molecular flexibility index (Phi) is 4.27. The van der Waals surface area contributed by atoms with Gasteiger partial charge in [-0.05, 0) is 6.07 Å². The summed E-state index contributed by atoms with van der Waals surface area (Å²) in [6.45, 7) is -0.619. The van der Waals surface area contributed by atoms with Crippen LogP contribution in [0.4, 0.5) is 13.2 Å². The van der Waals surface area contributed by atoms with Crippen molar-refractivity contribution in [2.75, 3.05) is 19.7 Å². The second-order valence-corrected chi connectivity index (χ2v) is 5.46. The third-order valence-electron chi connectivity index (χ3n) is 3.88. The third kappa shape index (κ3) is 3.25. The molecular formula is C15H14F3N3O3. The summed E-state index contributed by atoms with van der Waals surface area (Å²) in [5, 5.41) is 7.06. The molecule has 1 aliphatic rings. The molecule has 2 aromatic rings. The number of morpholine rings is 1. The Morgan fingerprint density at radius 1 is 1.33 bits per heavy atom. The number of aromatic amines is 1. The highest BCUT2D eigenvalue weighted by atomic mass is 19.4. The molecule has 1 N–H and O–H groups in total. The Labute approximate surface area is 134 Å². The fourth-order valence-electron chi connectivity index (χ4n) is 2.64. The van der Waals surface area contributed by atoms with E-state index in [0.717, 1.165) is 4.90 Å². The minimum atomic E-state index is -4.51. The molecular weight excluding hydrogens is 327 g/mol. The van der Waals surface area contributed by atoms with Gasteiger partial charge in [-0.2, -0.15) is 18.3 Å². The zero-order chi connectivity index (χ0) is 17.3. The van der Waals surface area contributed by atoms with E-state index in [2.05, 4.69) is 14.9 Å². The average molecular weight is 341 g/mol. The normalized spacial score (nSPS) is 18.8. The standard InChI is InChI=1S/C15H14F3N3O3/c16-15(17,18)12-8-21(5-6-24-12)13(22)7-11-9-3-1-2-4-10(9)14(23)20-19-11/h1-4,12H,5-8H2,(H,20,23). The number of H-pyrrole nitrogens is 1. The number of nitrogens with one attached hydrogen (secondary N) is 1. The Hall–Kier alpha value is -2.42. The molecule has 0 aliphatic carbocycles. The quantitative estimate of drug-likeness (QED) is 0.892. The summed E-state index contributed by atoms with van der Waals surface area (Å²) in [6.07, 6.45) is -6.68. The minimum Gasteiger partial charge on any atom is -0.365 e. The van der Waals surface area contributed by atoms with Crippen molar-refractivity contribution in [3.8, 4) is 0 Å². The van der Waals surface area contributed by atoms with Gasteiger partial charge in [-0.3, -0.25) is 9.59 Å². The lowest BCUT2D eigenvalue weighted by atomic mass is 10.1. The van der Waals surface area contributed by atoms with Gasteiger partial charge in [-0.15, -0.1) is 0 Å². The summed E-state index contributed by atoms with van der Waals surface area (Å²) in [5.74, 6) is -0.489. The van der Waals surface area contributed by atoms with Crippen molar-refractivity contribution in [2.45, 2.75) is 18.7 Å². The first kappa shape index (κ1) is 16.4. The van der Waals surface area contributed by atoms with Crippen LogP contribution < -0.4 is 5.56 Å².